The van der Waals surface area contributed by atoms with Crippen molar-refractivity contribution in [1.29, 1.82) is 0 Å². The molecule has 1 saturated heterocycles. The van der Waals surface area contributed by atoms with Crippen molar-refractivity contribution >= 4 is 27.5 Å². The van der Waals surface area contributed by atoms with E-state index in [1.54, 1.807) is 18.3 Å². The molecular weight excluding hydrogens is 448 g/mol. The summed E-state index contributed by atoms with van der Waals surface area (Å²) in [5.74, 6) is -0.244. The lowest BCUT2D eigenvalue weighted by Crippen LogP contribution is -2.45. The van der Waals surface area contributed by atoms with Crippen molar-refractivity contribution in [2.45, 2.75) is 37.6 Å². The zero-order valence-corrected chi connectivity index (χ0v) is 20.1. The fourth-order valence-electron chi connectivity index (χ4n) is 4.19. The van der Waals surface area contributed by atoms with Crippen LogP contribution in [0.4, 0.5) is 0 Å². The Morgan fingerprint density at radius 3 is 2.47 bits per heavy atom. The third-order valence-corrected chi connectivity index (χ3v) is 8.31. The number of sulfonamides is 1. The summed E-state index contributed by atoms with van der Waals surface area (Å²) in [5, 5.41) is 3.78. The van der Waals surface area contributed by atoms with Crippen molar-refractivity contribution in [2.75, 3.05) is 32.7 Å². The minimum atomic E-state index is -3.58. The van der Waals surface area contributed by atoms with E-state index >= 15 is 0 Å². The van der Waals surface area contributed by atoms with Crippen molar-refractivity contribution < 1.29 is 13.2 Å². The van der Waals surface area contributed by atoms with E-state index in [-0.39, 0.29) is 22.8 Å². The number of likely N-dealkylation sites (N-methyl/N-ethyl adjacent to an activating group) is 1. The Hall–Kier alpha value is -2.00. The smallest absolute Gasteiger partial charge is 0.244 e. The van der Waals surface area contributed by atoms with Gasteiger partial charge >= 0.3 is 0 Å². The molecule has 1 fully saturated rings. The Kier molecular flexibility index (Phi) is 8.64. The molecule has 1 aromatic heterocycles. The summed E-state index contributed by atoms with van der Waals surface area (Å²) in [5.41, 5.74) is 0.996. The van der Waals surface area contributed by atoms with Gasteiger partial charge in [-0.15, -0.1) is 0 Å². The molecule has 0 bridgehead atoms. The van der Waals surface area contributed by atoms with E-state index < -0.39 is 10.0 Å². The molecule has 2 aromatic rings. The highest BCUT2D eigenvalue weighted by molar-refractivity contribution is 7.89. The van der Waals surface area contributed by atoms with Gasteiger partial charge in [-0.1, -0.05) is 43.6 Å². The van der Waals surface area contributed by atoms with E-state index in [4.69, 9.17) is 11.6 Å². The van der Waals surface area contributed by atoms with Crippen LogP contribution in [0.2, 0.25) is 5.02 Å². The van der Waals surface area contributed by atoms with Gasteiger partial charge in [0.2, 0.25) is 15.9 Å². The molecule has 0 aliphatic carbocycles. The second-order valence-electron chi connectivity index (χ2n) is 7.87. The summed E-state index contributed by atoms with van der Waals surface area (Å²) in [6.45, 7) is 6.96. The molecule has 1 amide bonds. The largest absolute Gasteiger partial charge is 0.354 e. The van der Waals surface area contributed by atoms with Gasteiger partial charge in [0, 0.05) is 43.0 Å². The number of benzene rings is 1. The standard InChI is InChI=1S/C23H31ClN4O3S/c1-3-27(4-2)22(20-9-5-6-10-21(20)24)17-26-23(29)18-11-14-28(15-12-18)32(30,31)19-8-7-13-25-16-19/h5-10,13,16,18,22H,3-4,11-12,14-15,17H2,1-2H3,(H,26,29). The lowest BCUT2D eigenvalue weighted by atomic mass is 9.97. The molecule has 1 atom stereocenters. The third kappa shape index (κ3) is 5.67. The molecule has 2 heterocycles. The van der Waals surface area contributed by atoms with Crippen LogP contribution in [0.5, 0.6) is 0 Å². The second kappa shape index (κ2) is 11.2. The molecule has 9 heteroatoms. The first-order valence-corrected chi connectivity index (χ1v) is 12.9. The zero-order valence-electron chi connectivity index (χ0n) is 18.6. The summed E-state index contributed by atoms with van der Waals surface area (Å²) in [4.78, 5) is 19.3. The average Bonchev–Trinajstić information content (AvgIpc) is 2.83. The highest BCUT2D eigenvalue weighted by Crippen LogP contribution is 2.28. The first-order chi connectivity index (χ1) is 15.4. The van der Waals surface area contributed by atoms with Gasteiger partial charge in [-0.3, -0.25) is 14.7 Å². The molecular formula is C23H31ClN4O3S. The summed E-state index contributed by atoms with van der Waals surface area (Å²) >= 11 is 6.44. The van der Waals surface area contributed by atoms with E-state index in [0.29, 0.717) is 37.5 Å². The number of hydrogen-bond acceptors (Lipinski definition) is 5. The summed E-state index contributed by atoms with van der Waals surface area (Å²) in [6, 6.07) is 10.9. The Bertz CT molecular complexity index is 991. The Morgan fingerprint density at radius 1 is 1.19 bits per heavy atom. The molecule has 3 rings (SSSR count). The number of nitrogens with zero attached hydrogens (tertiary/aromatic N) is 3. The Balaban J connectivity index is 1.61. The van der Waals surface area contributed by atoms with Crippen LogP contribution in [0.15, 0.2) is 53.7 Å². The number of piperidine rings is 1. The van der Waals surface area contributed by atoms with Gasteiger partial charge in [-0.05, 0) is 49.7 Å². The quantitative estimate of drug-likeness (QED) is 0.597. The maximum Gasteiger partial charge on any atom is 0.244 e. The van der Waals surface area contributed by atoms with Gasteiger partial charge in [0.1, 0.15) is 4.90 Å². The molecule has 1 N–H and O–H groups in total. The predicted molar refractivity (Wildman–Crippen MR) is 126 cm³/mol. The summed E-state index contributed by atoms with van der Waals surface area (Å²) < 4.78 is 27.0. The summed E-state index contributed by atoms with van der Waals surface area (Å²) in [6.07, 6.45) is 3.89. The Labute approximate surface area is 195 Å². The number of rotatable bonds is 9. The van der Waals surface area contributed by atoms with Crippen molar-refractivity contribution in [2.24, 2.45) is 5.92 Å². The average molecular weight is 479 g/mol. The molecule has 0 radical (unpaired) electrons. The van der Waals surface area contributed by atoms with Crippen molar-refractivity contribution in [3.8, 4) is 0 Å². The van der Waals surface area contributed by atoms with Crippen molar-refractivity contribution in [1.82, 2.24) is 19.5 Å². The summed E-state index contributed by atoms with van der Waals surface area (Å²) in [7, 11) is -3.58. The van der Waals surface area contributed by atoms with Crippen LogP contribution in [0.3, 0.4) is 0 Å². The van der Waals surface area contributed by atoms with Gasteiger partial charge in [0.05, 0.1) is 6.04 Å². The molecule has 1 aromatic carbocycles. The molecule has 0 saturated carbocycles. The Morgan fingerprint density at radius 2 is 1.88 bits per heavy atom. The van der Waals surface area contributed by atoms with Crippen LogP contribution >= 0.6 is 11.6 Å². The number of carbonyl (C=O) groups excluding carboxylic acids is 1. The van der Waals surface area contributed by atoms with Crippen LogP contribution in [0.1, 0.15) is 38.3 Å². The normalized spacial score (nSPS) is 16.8. The minimum absolute atomic E-state index is 0.0197. The number of halogens is 1. The predicted octanol–water partition coefficient (Wildman–Crippen LogP) is 3.34. The second-order valence-corrected chi connectivity index (χ2v) is 10.2. The number of aromatic nitrogens is 1. The van der Waals surface area contributed by atoms with Crippen molar-refractivity contribution in [3.05, 3.63) is 59.4 Å². The number of hydrogen-bond donors (Lipinski definition) is 1. The van der Waals surface area contributed by atoms with Gasteiger partial charge < -0.3 is 5.32 Å². The zero-order chi connectivity index (χ0) is 23.1. The molecule has 32 heavy (non-hydrogen) atoms. The first kappa shape index (κ1) is 24.6. The number of pyridine rings is 1. The number of nitrogens with one attached hydrogen (secondary N) is 1. The van der Waals surface area contributed by atoms with Gasteiger partial charge in [-0.2, -0.15) is 4.31 Å². The minimum Gasteiger partial charge on any atom is -0.354 e. The topological polar surface area (TPSA) is 82.6 Å². The van der Waals surface area contributed by atoms with Gasteiger partial charge in [-0.25, -0.2) is 8.42 Å². The van der Waals surface area contributed by atoms with Gasteiger partial charge in [0.25, 0.3) is 0 Å². The molecule has 174 valence electrons. The van der Waals surface area contributed by atoms with E-state index in [9.17, 15) is 13.2 Å². The van der Waals surface area contributed by atoms with E-state index in [0.717, 1.165) is 18.7 Å². The van der Waals surface area contributed by atoms with E-state index in [1.807, 2.05) is 24.3 Å². The van der Waals surface area contributed by atoms with Crippen LogP contribution < -0.4 is 5.32 Å². The molecule has 0 spiro atoms. The maximum absolute atomic E-state index is 12.9. The molecule has 7 nitrogen and oxygen atoms in total. The molecule has 1 aliphatic rings. The van der Waals surface area contributed by atoms with Crippen LogP contribution in [0, 0.1) is 5.92 Å². The fraction of sp³-hybridized carbons (Fsp3) is 0.478. The highest BCUT2D eigenvalue weighted by Gasteiger charge is 2.32. The van der Waals surface area contributed by atoms with Crippen LogP contribution in [-0.2, 0) is 14.8 Å². The number of carbonyl (C=O) groups is 1. The SMILES string of the molecule is CCN(CC)C(CNC(=O)C1CCN(S(=O)(=O)c2cccnc2)CC1)c1ccccc1Cl. The fourth-order valence-corrected chi connectivity index (χ4v) is 5.89. The first-order valence-electron chi connectivity index (χ1n) is 11.0. The van der Waals surface area contributed by atoms with Gasteiger partial charge in [0.15, 0.2) is 0 Å². The van der Waals surface area contributed by atoms with E-state index in [2.05, 4.69) is 29.0 Å². The maximum atomic E-state index is 12.9. The van der Waals surface area contributed by atoms with Crippen LogP contribution in [-0.4, -0.2) is 61.2 Å². The monoisotopic (exact) mass is 478 g/mol. The van der Waals surface area contributed by atoms with Crippen LogP contribution in [0.25, 0.3) is 0 Å². The van der Waals surface area contributed by atoms with Crippen molar-refractivity contribution in [3.63, 3.8) is 0 Å². The molecule has 1 unspecified atom stereocenters. The lowest BCUT2D eigenvalue weighted by Gasteiger charge is -2.33. The lowest BCUT2D eigenvalue weighted by molar-refractivity contribution is -0.126. The van der Waals surface area contributed by atoms with E-state index in [1.165, 1.54) is 10.5 Å². The number of amides is 1. The third-order valence-electron chi connectivity index (χ3n) is 6.08. The molecule has 1 aliphatic heterocycles. The highest BCUT2D eigenvalue weighted by atomic mass is 35.5.